The molecular formula is C18H18N6O5. The molecule has 1 unspecified atom stereocenters. The van der Waals surface area contributed by atoms with E-state index in [1.165, 1.54) is 16.7 Å². The number of benzene rings is 1. The smallest absolute Gasteiger partial charge is 0.407 e. The van der Waals surface area contributed by atoms with Crippen molar-refractivity contribution in [3.63, 3.8) is 0 Å². The summed E-state index contributed by atoms with van der Waals surface area (Å²) in [5, 5.41) is 12.8. The number of methoxy groups -OCH3 is 1. The highest BCUT2D eigenvalue weighted by molar-refractivity contribution is 6.05. The van der Waals surface area contributed by atoms with Crippen LogP contribution in [0.5, 0.6) is 0 Å². The summed E-state index contributed by atoms with van der Waals surface area (Å²) in [7, 11) is 1.27. The summed E-state index contributed by atoms with van der Waals surface area (Å²) in [4.78, 5) is 48.8. The van der Waals surface area contributed by atoms with E-state index in [0.29, 0.717) is 23.4 Å². The molecule has 2 aliphatic heterocycles. The van der Waals surface area contributed by atoms with Gasteiger partial charge in [-0.1, -0.05) is 5.21 Å². The van der Waals surface area contributed by atoms with Gasteiger partial charge in [-0.3, -0.25) is 19.7 Å². The van der Waals surface area contributed by atoms with Gasteiger partial charge in [-0.15, -0.1) is 5.10 Å². The minimum atomic E-state index is -0.654. The first-order valence-electron chi connectivity index (χ1n) is 8.97. The number of hydrogen-bond acceptors (Lipinski definition) is 7. The predicted molar refractivity (Wildman–Crippen MR) is 96.6 cm³/mol. The van der Waals surface area contributed by atoms with Gasteiger partial charge in [0.1, 0.15) is 11.7 Å². The minimum Gasteiger partial charge on any atom is -0.453 e. The van der Waals surface area contributed by atoms with Crippen LogP contribution in [-0.4, -0.2) is 56.9 Å². The number of carbonyl (C=O) groups excluding carboxylic acids is 4. The molecule has 1 aromatic carbocycles. The number of piperidine rings is 1. The number of hydrogen-bond donors (Lipinski definition) is 2. The second kappa shape index (κ2) is 7.34. The number of aromatic nitrogens is 3. The number of nitrogens with one attached hydrogen (secondary N) is 2. The third-order valence-corrected chi connectivity index (χ3v) is 4.91. The largest absolute Gasteiger partial charge is 0.453 e. The van der Waals surface area contributed by atoms with Gasteiger partial charge in [-0.25, -0.2) is 9.48 Å². The van der Waals surface area contributed by atoms with E-state index in [4.69, 9.17) is 0 Å². The van der Waals surface area contributed by atoms with E-state index in [1.807, 2.05) is 6.07 Å². The Kier molecular flexibility index (Phi) is 4.71. The van der Waals surface area contributed by atoms with Crippen LogP contribution in [0, 0.1) is 0 Å². The number of nitrogens with zero attached hydrogens (tertiary/aromatic N) is 4. The quantitative estimate of drug-likeness (QED) is 0.686. The zero-order valence-corrected chi connectivity index (χ0v) is 15.5. The third-order valence-electron chi connectivity index (χ3n) is 4.91. The molecule has 150 valence electrons. The first-order chi connectivity index (χ1) is 14.0. The topological polar surface area (TPSA) is 136 Å². The molecule has 2 aliphatic rings. The highest BCUT2D eigenvalue weighted by atomic mass is 16.5. The van der Waals surface area contributed by atoms with E-state index in [1.54, 1.807) is 18.3 Å². The standard InChI is InChI=1S/C18H18N6O5/c1-29-18(28)19-7-11-9-24(22-21-11)12-2-3-13-10(6-12)8-23(17(13)27)14-4-5-15(25)20-16(14)26/h2-3,6,9,14H,4-5,7-8H2,1H3,(H,19,28)(H,20,25,26). The van der Waals surface area contributed by atoms with E-state index in [0.717, 1.165) is 5.56 Å². The number of carbonyl (C=O) groups is 4. The Morgan fingerprint density at radius 1 is 1.34 bits per heavy atom. The summed E-state index contributed by atoms with van der Waals surface area (Å²) in [6.45, 7) is 0.444. The Labute approximate surface area is 165 Å². The third kappa shape index (κ3) is 3.53. The summed E-state index contributed by atoms with van der Waals surface area (Å²) >= 11 is 0. The average molecular weight is 398 g/mol. The van der Waals surface area contributed by atoms with Crippen LogP contribution < -0.4 is 10.6 Å². The lowest BCUT2D eigenvalue weighted by molar-refractivity contribution is -0.136. The lowest BCUT2D eigenvalue weighted by Crippen LogP contribution is -2.52. The fourth-order valence-corrected chi connectivity index (χ4v) is 3.44. The molecule has 0 spiro atoms. The Balaban J connectivity index is 1.51. The van der Waals surface area contributed by atoms with Gasteiger partial charge in [0, 0.05) is 18.5 Å². The van der Waals surface area contributed by atoms with Crippen molar-refractivity contribution < 1.29 is 23.9 Å². The molecule has 0 saturated carbocycles. The van der Waals surface area contributed by atoms with Crippen LogP contribution in [0.1, 0.15) is 34.5 Å². The maximum Gasteiger partial charge on any atom is 0.407 e. The number of imide groups is 1. The molecule has 2 N–H and O–H groups in total. The summed E-state index contributed by atoms with van der Waals surface area (Å²) in [6.07, 6.45) is 1.62. The Morgan fingerprint density at radius 3 is 2.93 bits per heavy atom. The van der Waals surface area contributed by atoms with E-state index in [9.17, 15) is 19.2 Å². The van der Waals surface area contributed by atoms with Gasteiger partial charge in [0.25, 0.3) is 5.91 Å². The average Bonchev–Trinajstić information content (AvgIpc) is 3.31. The molecule has 4 amide bonds. The van der Waals surface area contributed by atoms with E-state index in [2.05, 4.69) is 25.7 Å². The number of alkyl carbamates (subject to hydrolysis) is 1. The monoisotopic (exact) mass is 398 g/mol. The normalized spacial score (nSPS) is 18.4. The number of rotatable bonds is 4. The zero-order chi connectivity index (χ0) is 20.5. The molecule has 4 rings (SSSR count). The molecule has 3 heterocycles. The maximum absolute atomic E-state index is 12.7. The first kappa shape index (κ1) is 18.6. The summed E-state index contributed by atoms with van der Waals surface area (Å²) in [5.74, 6) is -0.995. The lowest BCUT2D eigenvalue weighted by Gasteiger charge is -2.29. The predicted octanol–water partition coefficient (Wildman–Crippen LogP) is -0.116. The summed E-state index contributed by atoms with van der Waals surface area (Å²) in [6, 6.07) is 4.58. The highest BCUT2D eigenvalue weighted by Crippen LogP contribution is 2.28. The first-order valence-corrected chi connectivity index (χ1v) is 8.97. The van der Waals surface area contributed by atoms with Gasteiger partial charge in [-0.05, 0) is 30.2 Å². The molecule has 1 atom stereocenters. The van der Waals surface area contributed by atoms with Crippen LogP contribution in [0.4, 0.5) is 4.79 Å². The molecule has 11 heteroatoms. The molecule has 29 heavy (non-hydrogen) atoms. The Bertz CT molecular complexity index is 1020. The van der Waals surface area contributed by atoms with Crippen LogP contribution in [-0.2, 0) is 27.4 Å². The molecule has 1 saturated heterocycles. The van der Waals surface area contributed by atoms with E-state index >= 15 is 0 Å². The molecular weight excluding hydrogens is 380 g/mol. The molecule has 1 fully saturated rings. The van der Waals surface area contributed by atoms with E-state index in [-0.39, 0.29) is 31.3 Å². The van der Waals surface area contributed by atoms with Crippen LogP contribution in [0.25, 0.3) is 5.69 Å². The van der Waals surface area contributed by atoms with Gasteiger partial charge in [0.15, 0.2) is 0 Å². The minimum absolute atomic E-state index is 0.166. The summed E-state index contributed by atoms with van der Waals surface area (Å²) < 4.78 is 6.04. The van der Waals surface area contributed by atoms with Gasteiger partial charge < -0.3 is 15.0 Å². The van der Waals surface area contributed by atoms with Crippen molar-refractivity contribution in [2.24, 2.45) is 0 Å². The molecule has 0 aliphatic carbocycles. The fourth-order valence-electron chi connectivity index (χ4n) is 3.44. The second-order valence-electron chi connectivity index (χ2n) is 6.74. The maximum atomic E-state index is 12.7. The SMILES string of the molecule is COC(=O)NCc1cn(-c2ccc3c(c2)CN(C2CCC(=O)NC2=O)C3=O)nn1. The number of ether oxygens (including phenoxy) is 1. The number of fused-ring (bicyclic) bond motifs is 1. The van der Waals surface area contributed by atoms with Crippen LogP contribution >= 0.6 is 0 Å². The van der Waals surface area contributed by atoms with Crippen molar-refractivity contribution >= 4 is 23.8 Å². The van der Waals surface area contributed by atoms with E-state index < -0.39 is 18.0 Å². The fraction of sp³-hybridized carbons (Fsp3) is 0.333. The van der Waals surface area contributed by atoms with Gasteiger partial charge in [0.2, 0.25) is 11.8 Å². The second-order valence-corrected chi connectivity index (χ2v) is 6.74. The van der Waals surface area contributed by atoms with Crippen LogP contribution in [0.15, 0.2) is 24.4 Å². The number of amides is 4. The highest BCUT2D eigenvalue weighted by Gasteiger charge is 2.39. The van der Waals surface area contributed by atoms with Crippen molar-refractivity contribution in [2.75, 3.05) is 7.11 Å². The molecule has 11 nitrogen and oxygen atoms in total. The van der Waals surface area contributed by atoms with Crippen molar-refractivity contribution in [3.8, 4) is 5.69 Å². The molecule has 2 aromatic rings. The zero-order valence-electron chi connectivity index (χ0n) is 15.5. The molecule has 0 radical (unpaired) electrons. The Hall–Kier alpha value is -3.76. The van der Waals surface area contributed by atoms with Crippen molar-refractivity contribution in [2.45, 2.75) is 32.0 Å². The van der Waals surface area contributed by atoms with Gasteiger partial charge >= 0.3 is 6.09 Å². The molecule has 1 aromatic heterocycles. The van der Waals surface area contributed by atoms with Crippen molar-refractivity contribution in [1.82, 2.24) is 30.5 Å². The summed E-state index contributed by atoms with van der Waals surface area (Å²) in [5.41, 5.74) is 2.52. The van der Waals surface area contributed by atoms with Crippen LogP contribution in [0.2, 0.25) is 0 Å². The van der Waals surface area contributed by atoms with Crippen molar-refractivity contribution in [3.05, 3.63) is 41.2 Å². The van der Waals surface area contributed by atoms with Gasteiger partial charge in [0.05, 0.1) is 25.5 Å². The van der Waals surface area contributed by atoms with Gasteiger partial charge in [-0.2, -0.15) is 0 Å². The molecule has 0 bridgehead atoms. The van der Waals surface area contributed by atoms with Crippen molar-refractivity contribution in [1.29, 1.82) is 0 Å². The van der Waals surface area contributed by atoms with Crippen LogP contribution in [0.3, 0.4) is 0 Å². The Morgan fingerprint density at radius 2 is 2.17 bits per heavy atom. The lowest BCUT2D eigenvalue weighted by atomic mass is 10.0.